The maximum absolute atomic E-state index is 11.4. The molecule has 1 aliphatic rings. The summed E-state index contributed by atoms with van der Waals surface area (Å²) in [7, 11) is 1.59. The largest absolute Gasteiger partial charge is 0.463 e. The van der Waals surface area contributed by atoms with Crippen LogP contribution in [-0.4, -0.2) is 39.4 Å². The van der Waals surface area contributed by atoms with Crippen molar-refractivity contribution < 1.29 is 14.3 Å². The highest BCUT2D eigenvalue weighted by molar-refractivity contribution is 5.72. The van der Waals surface area contributed by atoms with E-state index in [1.54, 1.807) is 7.11 Å². The van der Waals surface area contributed by atoms with Gasteiger partial charge in [-0.25, -0.2) is 0 Å². The average molecular weight is 187 g/mol. The van der Waals surface area contributed by atoms with Crippen LogP contribution >= 0.6 is 0 Å². The summed E-state index contributed by atoms with van der Waals surface area (Å²) in [5.41, 5.74) is 0. The fourth-order valence-electron chi connectivity index (χ4n) is 1.40. The Morgan fingerprint density at radius 2 is 2.38 bits per heavy atom. The molecule has 13 heavy (non-hydrogen) atoms. The predicted molar refractivity (Wildman–Crippen MR) is 48.4 cm³/mol. The third-order valence-electron chi connectivity index (χ3n) is 2.16. The zero-order valence-electron chi connectivity index (χ0n) is 8.04. The number of rotatable bonds is 4. The molecule has 4 heteroatoms. The Kier molecular flexibility index (Phi) is 4.78. The van der Waals surface area contributed by atoms with Crippen LogP contribution in [0.25, 0.3) is 0 Å². The highest BCUT2D eigenvalue weighted by atomic mass is 16.6. The monoisotopic (exact) mass is 187 g/mol. The van der Waals surface area contributed by atoms with E-state index in [9.17, 15) is 4.79 Å². The lowest BCUT2D eigenvalue weighted by atomic mass is 10.0. The van der Waals surface area contributed by atoms with Gasteiger partial charge in [-0.05, 0) is 19.4 Å². The van der Waals surface area contributed by atoms with Gasteiger partial charge in [-0.1, -0.05) is 0 Å². The third-order valence-corrected chi connectivity index (χ3v) is 2.16. The molecular formula is C9H17NO3. The van der Waals surface area contributed by atoms with Gasteiger partial charge in [-0.2, -0.15) is 0 Å². The van der Waals surface area contributed by atoms with Crippen molar-refractivity contribution in [2.45, 2.75) is 12.8 Å². The molecule has 1 atom stereocenters. The van der Waals surface area contributed by atoms with Crippen LogP contribution in [0.5, 0.6) is 0 Å². The van der Waals surface area contributed by atoms with Crippen molar-refractivity contribution in [1.82, 2.24) is 5.32 Å². The smallest absolute Gasteiger partial charge is 0.310 e. The molecule has 1 aliphatic heterocycles. The summed E-state index contributed by atoms with van der Waals surface area (Å²) in [6.07, 6.45) is 2.00. The van der Waals surface area contributed by atoms with E-state index in [1.165, 1.54) is 0 Å². The van der Waals surface area contributed by atoms with Crippen molar-refractivity contribution in [3.63, 3.8) is 0 Å². The molecule has 0 aromatic rings. The molecule has 0 bridgehead atoms. The van der Waals surface area contributed by atoms with E-state index in [0.717, 1.165) is 25.9 Å². The Morgan fingerprint density at radius 3 is 3.00 bits per heavy atom. The SMILES string of the molecule is COCCOC(=O)C1CCCNC1. The van der Waals surface area contributed by atoms with Crippen molar-refractivity contribution in [1.29, 1.82) is 0 Å². The van der Waals surface area contributed by atoms with Gasteiger partial charge in [-0.3, -0.25) is 4.79 Å². The maximum Gasteiger partial charge on any atom is 0.310 e. The van der Waals surface area contributed by atoms with Gasteiger partial charge in [0.1, 0.15) is 6.61 Å². The van der Waals surface area contributed by atoms with E-state index in [4.69, 9.17) is 9.47 Å². The summed E-state index contributed by atoms with van der Waals surface area (Å²) in [6.45, 7) is 2.62. The van der Waals surface area contributed by atoms with E-state index in [1.807, 2.05) is 0 Å². The van der Waals surface area contributed by atoms with Crippen LogP contribution in [0.4, 0.5) is 0 Å². The number of esters is 1. The summed E-state index contributed by atoms with van der Waals surface area (Å²) in [5, 5.41) is 3.17. The Bertz CT molecular complexity index is 155. The summed E-state index contributed by atoms with van der Waals surface area (Å²) in [5.74, 6) is -0.0464. The lowest BCUT2D eigenvalue weighted by molar-refractivity contribution is -0.150. The van der Waals surface area contributed by atoms with E-state index < -0.39 is 0 Å². The lowest BCUT2D eigenvalue weighted by Crippen LogP contribution is -2.35. The van der Waals surface area contributed by atoms with Crippen LogP contribution in [0.1, 0.15) is 12.8 Å². The molecule has 0 aliphatic carbocycles. The van der Waals surface area contributed by atoms with Gasteiger partial charge in [-0.15, -0.1) is 0 Å². The van der Waals surface area contributed by atoms with Crippen molar-refractivity contribution in [2.24, 2.45) is 5.92 Å². The first kappa shape index (κ1) is 10.5. The Hall–Kier alpha value is -0.610. The number of carbonyl (C=O) groups excluding carboxylic acids is 1. The van der Waals surface area contributed by atoms with E-state index in [0.29, 0.717) is 13.2 Å². The molecule has 1 saturated heterocycles. The molecule has 0 aromatic heterocycles. The average Bonchev–Trinajstić information content (AvgIpc) is 2.19. The standard InChI is InChI=1S/C9H17NO3/c1-12-5-6-13-9(11)8-3-2-4-10-7-8/h8,10H,2-7H2,1H3. The molecule has 1 N–H and O–H groups in total. The van der Waals surface area contributed by atoms with Gasteiger partial charge in [0.05, 0.1) is 12.5 Å². The number of hydrogen-bond acceptors (Lipinski definition) is 4. The summed E-state index contributed by atoms with van der Waals surface area (Å²) < 4.78 is 9.80. The molecule has 0 radical (unpaired) electrons. The first-order valence-corrected chi connectivity index (χ1v) is 4.71. The van der Waals surface area contributed by atoms with Crippen LogP contribution < -0.4 is 5.32 Å². The Morgan fingerprint density at radius 1 is 1.54 bits per heavy atom. The number of piperidine rings is 1. The highest BCUT2D eigenvalue weighted by Gasteiger charge is 2.21. The lowest BCUT2D eigenvalue weighted by Gasteiger charge is -2.20. The molecule has 0 aromatic carbocycles. The van der Waals surface area contributed by atoms with Gasteiger partial charge in [0.15, 0.2) is 0 Å². The van der Waals surface area contributed by atoms with Gasteiger partial charge in [0.2, 0.25) is 0 Å². The number of carbonyl (C=O) groups is 1. The van der Waals surface area contributed by atoms with E-state index >= 15 is 0 Å². The fourth-order valence-corrected chi connectivity index (χ4v) is 1.40. The molecule has 76 valence electrons. The quantitative estimate of drug-likeness (QED) is 0.503. The van der Waals surface area contributed by atoms with Crippen molar-refractivity contribution in [3.05, 3.63) is 0 Å². The van der Waals surface area contributed by atoms with E-state index in [-0.39, 0.29) is 11.9 Å². The predicted octanol–water partition coefficient (Wildman–Crippen LogP) is 0.176. The summed E-state index contributed by atoms with van der Waals surface area (Å²) in [4.78, 5) is 11.4. The first-order valence-electron chi connectivity index (χ1n) is 4.71. The minimum atomic E-state index is -0.0933. The number of methoxy groups -OCH3 is 1. The van der Waals surface area contributed by atoms with Gasteiger partial charge in [0.25, 0.3) is 0 Å². The zero-order valence-corrected chi connectivity index (χ0v) is 8.04. The Balaban J connectivity index is 2.13. The van der Waals surface area contributed by atoms with Crippen molar-refractivity contribution >= 4 is 5.97 Å². The van der Waals surface area contributed by atoms with Gasteiger partial charge >= 0.3 is 5.97 Å². The second-order valence-electron chi connectivity index (χ2n) is 3.20. The van der Waals surface area contributed by atoms with Crippen molar-refractivity contribution in [3.8, 4) is 0 Å². The minimum Gasteiger partial charge on any atom is -0.463 e. The van der Waals surface area contributed by atoms with E-state index in [2.05, 4.69) is 5.32 Å². The van der Waals surface area contributed by atoms with Crippen LogP contribution in [0.2, 0.25) is 0 Å². The van der Waals surface area contributed by atoms with Crippen LogP contribution in [-0.2, 0) is 14.3 Å². The first-order chi connectivity index (χ1) is 6.34. The third kappa shape index (κ3) is 3.74. The molecule has 1 unspecified atom stereocenters. The molecule has 0 saturated carbocycles. The molecule has 1 fully saturated rings. The van der Waals surface area contributed by atoms with Crippen LogP contribution in [0, 0.1) is 5.92 Å². The molecule has 0 spiro atoms. The van der Waals surface area contributed by atoms with Gasteiger partial charge in [0, 0.05) is 13.7 Å². The molecule has 0 amide bonds. The number of ether oxygens (including phenoxy) is 2. The van der Waals surface area contributed by atoms with Crippen molar-refractivity contribution in [2.75, 3.05) is 33.4 Å². The molecule has 1 rings (SSSR count). The van der Waals surface area contributed by atoms with Crippen LogP contribution in [0.3, 0.4) is 0 Å². The van der Waals surface area contributed by atoms with Crippen LogP contribution in [0.15, 0.2) is 0 Å². The number of hydrogen-bond donors (Lipinski definition) is 1. The zero-order chi connectivity index (χ0) is 9.52. The normalized spacial score (nSPS) is 22.7. The minimum absolute atomic E-state index is 0.0469. The Labute approximate surface area is 78.6 Å². The number of nitrogens with one attached hydrogen (secondary N) is 1. The summed E-state index contributed by atoms with van der Waals surface area (Å²) >= 11 is 0. The summed E-state index contributed by atoms with van der Waals surface area (Å²) in [6, 6.07) is 0. The highest BCUT2D eigenvalue weighted by Crippen LogP contribution is 2.11. The molecule has 1 heterocycles. The molecular weight excluding hydrogens is 170 g/mol. The second-order valence-corrected chi connectivity index (χ2v) is 3.20. The second kappa shape index (κ2) is 5.94. The maximum atomic E-state index is 11.4. The molecule has 4 nitrogen and oxygen atoms in total. The topological polar surface area (TPSA) is 47.6 Å². The van der Waals surface area contributed by atoms with Gasteiger partial charge < -0.3 is 14.8 Å². The fraction of sp³-hybridized carbons (Fsp3) is 0.889.